The van der Waals surface area contributed by atoms with Crippen LogP contribution in [0.25, 0.3) is 0 Å². The Hall–Kier alpha value is -0.880. The van der Waals surface area contributed by atoms with Crippen molar-refractivity contribution in [1.29, 1.82) is 0 Å². The van der Waals surface area contributed by atoms with E-state index < -0.39 is 35.5 Å². The van der Waals surface area contributed by atoms with Gasteiger partial charge in [0.2, 0.25) is 5.79 Å². The van der Waals surface area contributed by atoms with Gasteiger partial charge >= 0.3 is 0 Å². The average Bonchev–Trinajstić information content (AvgIpc) is 3.40. The molecule has 10 rings (SSSR count). The van der Waals surface area contributed by atoms with Crippen LogP contribution in [0.1, 0.15) is 112 Å². The van der Waals surface area contributed by atoms with Gasteiger partial charge in [-0.3, -0.25) is 5.73 Å². The van der Waals surface area contributed by atoms with E-state index in [0.717, 1.165) is 68.9 Å². The summed E-state index contributed by atoms with van der Waals surface area (Å²) in [6.45, 7) is 20.3. The molecular weight excluding hydrogens is 586 g/mol. The molecule has 2 saturated carbocycles. The van der Waals surface area contributed by atoms with Crippen LogP contribution in [0.2, 0.25) is 0 Å². The summed E-state index contributed by atoms with van der Waals surface area (Å²) < 4.78 is 26.5. The van der Waals surface area contributed by atoms with Crippen molar-refractivity contribution in [2.75, 3.05) is 0 Å². The van der Waals surface area contributed by atoms with Gasteiger partial charge in [-0.2, -0.15) is 4.89 Å². The van der Waals surface area contributed by atoms with Gasteiger partial charge in [-0.25, -0.2) is 14.7 Å². The van der Waals surface area contributed by atoms with Gasteiger partial charge in [0.15, 0.2) is 23.8 Å². The normalized spacial score (nSPS) is 55.5. The summed E-state index contributed by atoms with van der Waals surface area (Å²) in [6, 6.07) is 0. The Kier molecular flexibility index (Phi) is 7.96. The summed E-state index contributed by atoms with van der Waals surface area (Å²) in [5.74, 6) is 1.05. The Balaban J connectivity index is 0.902. The molecule has 4 bridgehead atoms. The molecule has 2 N–H and O–H groups in total. The molecule has 16 atom stereocenters. The van der Waals surface area contributed by atoms with Crippen molar-refractivity contribution in [3.63, 3.8) is 0 Å². The van der Waals surface area contributed by atoms with Crippen LogP contribution in [0.15, 0.2) is 24.3 Å². The lowest BCUT2D eigenvalue weighted by molar-refractivity contribution is -0.573. The van der Waals surface area contributed by atoms with Crippen LogP contribution in [-0.4, -0.2) is 47.7 Å². The molecule has 258 valence electrons. The lowest BCUT2D eigenvalue weighted by Gasteiger charge is -2.60. The Morgan fingerprint density at radius 1 is 0.630 bits per heavy atom. The predicted molar refractivity (Wildman–Crippen MR) is 169 cm³/mol. The Morgan fingerprint density at radius 2 is 1.13 bits per heavy atom. The van der Waals surface area contributed by atoms with Crippen LogP contribution < -0.4 is 5.73 Å². The summed E-state index contributed by atoms with van der Waals surface area (Å²) in [5, 5.41) is 0. The summed E-state index contributed by atoms with van der Waals surface area (Å²) in [4.78, 5) is 24.3. The molecule has 8 aliphatic heterocycles. The van der Waals surface area contributed by atoms with Crippen LogP contribution in [0.3, 0.4) is 0 Å². The van der Waals surface area contributed by atoms with E-state index in [4.69, 9.17) is 44.2 Å². The van der Waals surface area contributed by atoms with E-state index in [1.54, 1.807) is 0 Å². The van der Waals surface area contributed by atoms with Crippen molar-refractivity contribution < 1.29 is 38.5 Å². The second kappa shape index (κ2) is 11.3. The molecule has 46 heavy (non-hydrogen) atoms. The van der Waals surface area contributed by atoms with E-state index >= 15 is 0 Å². The number of hydrogen-bond acceptors (Lipinski definition) is 9. The van der Waals surface area contributed by atoms with E-state index in [2.05, 4.69) is 40.9 Å². The summed E-state index contributed by atoms with van der Waals surface area (Å²) in [6.07, 6.45) is 10.6. The zero-order chi connectivity index (χ0) is 32.2. The first-order valence-electron chi connectivity index (χ1n) is 18.4. The van der Waals surface area contributed by atoms with Crippen LogP contribution in [0, 0.1) is 47.3 Å². The van der Waals surface area contributed by atoms with Gasteiger partial charge in [-0.15, -0.1) is 0 Å². The van der Waals surface area contributed by atoms with Crippen molar-refractivity contribution in [1.82, 2.24) is 0 Å². The van der Waals surface area contributed by atoms with Crippen LogP contribution in [-0.2, 0) is 38.5 Å². The molecular formula is C37H57NO8. The molecule has 0 aromatic heterocycles. The minimum atomic E-state index is -1.24. The van der Waals surface area contributed by atoms with Crippen molar-refractivity contribution in [2.45, 2.75) is 159 Å². The fourth-order valence-corrected chi connectivity index (χ4v) is 11.5. The first-order chi connectivity index (χ1) is 21.9. The van der Waals surface area contributed by atoms with E-state index in [1.807, 2.05) is 6.92 Å². The fraction of sp³-hybridized carbons (Fsp3) is 0.892. The summed E-state index contributed by atoms with van der Waals surface area (Å²) in [7, 11) is 0. The smallest absolute Gasteiger partial charge is 0.257 e. The third-order valence-electron chi connectivity index (χ3n) is 14.4. The highest BCUT2D eigenvalue weighted by atomic mass is 17.3. The molecule has 10 fully saturated rings. The van der Waals surface area contributed by atoms with Gasteiger partial charge < -0.3 is 18.9 Å². The molecule has 9 heteroatoms. The molecule has 10 aliphatic rings. The maximum Gasteiger partial charge on any atom is 0.257 e. The lowest BCUT2D eigenvalue weighted by Crippen LogP contribution is -2.71. The van der Waals surface area contributed by atoms with Gasteiger partial charge in [0.25, 0.3) is 5.91 Å². The number of rotatable bonds is 7. The van der Waals surface area contributed by atoms with E-state index in [-0.39, 0.29) is 12.2 Å². The monoisotopic (exact) mass is 643 g/mol. The highest BCUT2D eigenvalue weighted by Crippen LogP contribution is 2.62. The van der Waals surface area contributed by atoms with Gasteiger partial charge in [0, 0.05) is 24.7 Å². The second-order valence-electron chi connectivity index (χ2n) is 16.8. The fourth-order valence-electron chi connectivity index (χ4n) is 11.5. The molecule has 9 nitrogen and oxygen atoms in total. The summed E-state index contributed by atoms with van der Waals surface area (Å²) in [5.41, 5.74) is 7.54. The molecule has 0 amide bonds. The van der Waals surface area contributed by atoms with E-state index in [1.165, 1.54) is 12.8 Å². The van der Waals surface area contributed by atoms with Gasteiger partial charge in [-0.1, -0.05) is 52.0 Å². The number of nitrogens with two attached hydrogens (primary N) is 1. The maximum absolute atomic E-state index is 6.83. The van der Waals surface area contributed by atoms with Crippen LogP contribution in [0.4, 0.5) is 0 Å². The van der Waals surface area contributed by atoms with Gasteiger partial charge in [0.1, 0.15) is 0 Å². The minimum absolute atomic E-state index is 0.0247. The van der Waals surface area contributed by atoms with Crippen molar-refractivity contribution in [2.24, 2.45) is 53.1 Å². The lowest BCUT2D eigenvalue weighted by atomic mass is 9.57. The maximum atomic E-state index is 6.83. The number of hydrogen-bond donors (Lipinski definition) is 1. The quantitative estimate of drug-likeness (QED) is 0.231. The largest absolute Gasteiger partial charge is 0.346 e. The zero-order valence-corrected chi connectivity index (χ0v) is 28.7. The Morgan fingerprint density at radius 3 is 1.70 bits per heavy atom. The zero-order valence-electron chi connectivity index (χ0n) is 28.7. The Bertz CT molecular complexity index is 1140. The van der Waals surface area contributed by atoms with E-state index in [9.17, 15) is 0 Å². The number of ether oxygens (including phenoxy) is 4. The summed E-state index contributed by atoms with van der Waals surface area (Å²) >= 11 is 0. The number of fused-ring (bicyclic) bond motifs is 4. The average molecular weight is 644 g/mol. The molecule has 8 saturated heterocycles. The highest BCUT2D eigenvalue weighted by Gasteiger charge is 2.70. The predicted octanol–water partition coefficient (Wildman–Crippen LogP) is 7.06. The highest BCUT2D eigenvalue weighted by molar-refractivity contribution is 5.25. The van der Waals surface area contributed by atoms with Crippen molar-refractivity contribution >= 4 is 0 Å². The SMILES string of the molecule is C=C(CC[C@H]1O[C@@H]2O[C@@]3(C)CC[C@H]4[C@H](C)CC[C@@H]([C@H]1C)[C@@]24OO3)C(=C)CC[C@H]1O[C@@H]2O[C@@]3(N)CC[C@H]4[C@H](C)CC[C@@H]([C@H]1C)[C@@]24OO3. The molecule has 0 unspecified atom stereocenters. The third kappa shape index (κ3) is 4.73. The van der Waals surface area contributed by atoms with Crippen molar-refractivity contribution in [3.05, 3.63) is 24.3 Å². The molecule has 0 radical (unpaired) electrons. The first-order valence-corrected chi connectivity index (χ1v) is 18.4. The topological polar surface area (TPSA) is 99.9 Å². The van der Waals surface area contributed by atoms with Gasteiger partial charge in [0.05, 0.1) is 12.2 Å². The number of allylic oxidation sites excluding steroid dienone is 2. The molecule has 8 heterocycles. The first kappa shape index (κ1) is 32.3. The molecule has 0 aromatic carbocycles. The van der Waals surface area contributed by atoms with Crippen LogP contribution in [0.5, 0.6) is 0 Å². The second-order valence-corrected chi connectivity index (χ2v) is 16.8. The molecule has 2 spiro atoms. The van der Waals surface area contributed by atoms with Crippen LogP contribution >= 0.6 is 0 Å². The van der Waals surface area contributed by atoms with Crippen molar-refractivity contribution in [3.8, 4) is 0 Å². The third-order valence-corrected chi connectivity index (χ3v) is 14.4. The molecule has 2 aliphatic carbocycles. The molecule has 0 aromatic rings. The van der Waals surface area contributed by atoms with Gasteiger partial charge in [-0.05, 0) is 107 Å². The van der Waals surface area contributed by atoms with E-state index in [0.29, 0.717) is 53.8 Å². The Labute approximate surface area is 275 Å². The minimum Gasteiger partial charge on any atom is -0.346 e. The standard InChI is InChI=1S/C37H57NO8/c1-20(10-14-30-24(5)28-12-8-22(3)26-16-18-34(7)41-32(39-30)36(26,28)45-43-34)21(2)11-15-31-25(6)29-13-9-23(4)27-17-19-35(38)42-33(40-31)37(27,29)46-44-35/h22-33H,1-2,8-19,38H2,3-7H3/t22-,23-,24-,25-,26+,27+,28+,29+,30-,31-,32-,33-,34-,35+,36-,37-/m1/s1.